The predicted molar refractivity (Wildman–Crippen MR) is 71.0 cm³/mol. The van der Waals surface area contributed by atoms with Crippen LogP contribution in [0.4, 0.5) is 0 Å². The molecule has 1 aliphatic heterocycles. The van der Waals surface area contributed by atoms with E-state index in [-0.39, 0.29) is 17.5 Å². The van der Waals surface area contributed by atoms with Crippen LogP contribution in [0.1, 0.15) is 33.6 Å². The van der Waals surface area contributed by atoms with Gasteiger partial charge in [0.05, 0.1) is 5.54 Å². The second kappa shape index (κ2) is 5.83. The van der Waals surface area contributed by atoms with E-state index in [1.54, 1.807) is 0 Å². The largest absolute Gasteiger partial charge is 0.350 e. The molecule has 0 aromatic rings. The van der Waals surface area contributed by atoms with E-state index in [9.17, 15) is 4.79 Å². The quantitative estimate of drug-likeness (QED) is 0.749. The van der Waals surface area contributed by atoms with Crippen molar-refractivity contribution in [3.05, 3.63) is 0 Å². The molecule has 17 heavy (non-hydrogen) atoms. The van der Waals surface area contributed by atoms with Gasteiger partial charge in [-0.05, 0) is 46.3 Å². The lowest BCUT2D eigenvalue weighted by atomic mass is 9.97. The molecule has 1 fully saturated rings. The maximum absolute atomic E-state index is 12.3. The van der Waals surface area contributed by atoms with Gasteiger partial charge in [-0.2, -0.15) is 0 Å². The van der Waals surface area contributed by atoms with Gasteiger partial charge in [-0.3, -0.25) is 4.79 Å². The summed E-state index contributed by atoms with van der Waals surface area (Å²) in [7, 11) is 4.08. The number of rotatable bonds is 5. The van der Waals surface area contributed by atoms with Crippen molar-refractivity contribution in [3.8, 4) is 0 Å². The Balaban J connectivity index is 2.57. The first-order chi connectivity index (χ1) is 7.85. The Bertz CT molecular complexity index is 257. The molecule has 1 amide bonds. The normalized spacial score (nSPS) is 26.5. The summed E-state index contributed by atoms with van der Waals surface area (Å²) in [6.45, 7) is 8.14. The summed E-state index contributed by atoms with van der Waals surface area (Å²) in [6, 6.07) is 0.219. The van der Waals surface area contributed by atoms with Crippen LogP contribution in [0.3, 0.4) is 0 Å². The Morgan fingerprint density at radius 3 is 2.53 bits per heavy atom. The minimum Gasteiger partial charge on any atom is -0.350 e. The average molecular weight is 241 g/mol. The topological polar surface area (TPSA) is 44.4 Å². The first-order valence-corrected chi connectivity index (χ1v) is 6.56. The highest BCUT2D eigenvalue weighted by molar-refractivity contribution is 5.86. The highest BCUT2D eigenvalue weighted by Crippen LogP contribution is 2.19. The average Bonchev–Trinajstić information content (AvgIpc) is 2.64. The Kier molecular flexibility index (Phi) is 4.95. The molecule has 2 atom stereocenters. The van der Waals surface area contributed by atoms with Crippen molar-refractivity contribution in [2.24, 2.45) is 5.92 Å². The van der Waals surface area contributed by atoms with E-state index >= 15 is 0 Å². The molecule has 100 valence electrons. The summed E-state index contributed by atoms with van der Waals surface area (Å²) in [5.74, 6) is 0.599. The first-order valence-electron chi connectivity index (χ1n) is 6.56. The Hall–Kier alpha value is -0.610. The van der Waals surface area contributed by atoms with E-state index in [4.69, 9.17) is 0 Å². The third kappa shape index (κ3) is 3.96. The van der Waals surface area contributed by atoms with Gasteiger partial charge in [-0.15, -0.1) is 0 Å². The maximum Gasteiger partial charge on any atom is 0.240 e. The molecule has 0 aliphatic carbocycles. The first kappa shape index (κ1) is 14.5. The molecule has 2 N–H and O–H groups in total. The highest BCUT2D eigenvalue weighted by atomic mass is 16.2. The van der Waals surface area contributed by atoms with Crippen molar-refractivity contribution in [2.75, 3.05) is 27.2 Å². The number of likely N-dealkylation sites (N-methyl/N-ethyl adjacent to an activating group) is 1. The van der Waals surface area contributed by atoms with E-state index < -0.39 is 0 Å². The van der Waals surface area contributed by atoms with Crippen molar-refractivity contribution in [2.45, 2.75) is 45.2 Å². The maximum atomic E-state index is 12.3. The van der Waals surface area contributed by atoms with Gasteiger partial charge in [0.2, 0.25) is 5.91 Å². The van der Waals surface area contributed by atoms with Crippen LogP contribution < -0.4 is 10.6 Å². The fraction of sp³-hybridized carbons (Fsp3) is 0.923. The SMILES string of the molecule is CC(C)C(CN(C)C)NC(=O)C1(C)CCCN1. The zero-order chi connectivity index (χ0) is 13.1. The second-order valence-electron chi connectivity index (χ2n) is 5.95. The van der Waals surface area contributed by atoms with Gasteiger partial charge in [0.15, 0.2) is 0 Å². The molecule has 0 aromatic heterocycles. The molecule has 0 bridgehead atoms. The monoisotopic (exact) mass is 241 g/mol. The standard InChI is InChI=1S/C13H27N3O/c1-10(2)11(9-16(4)5)15-12(17)13(3)7-6-8-14-13/h10-11,14H,6-9H2,1-5H3,(H,15,17). The van der Waals surface area contributed by atoms with Crippen molar-refractivity contribution in [1.82, 2.24) is 15.5 Å². The minimum atomic E-state index is -0.362. The molecule has 0 saturated carbocycles. The zero-order valence-corrected chi connectivity index (χ0v) is 11.8. The van der Waals surface area contributed by atoms with E-state index in [1.807, 2.05) is 21.0 Å². The summed E-state index contributed by atoms with van der Waals surface area (Å²) < 4.78 is 0. The van der Waals surface area contributed by atoms with E-state index in [1.165, 1.54) is 0 Å². The molecule has 1 saturated heterocycles. The van der Waals surface area contributed by atoms with Crippen LogP contribution in [0.15, 0.2) is 0 Å². The molecule has 2 unspecified atom stereocenters. The van der Waals surface area contributed by atoms with Crippen LogP contribution in [0.5, 0.6) is 0 Å². The number of carbonyl (C=O) groups is 1. The highest BCUT2D eigenvalue weighted by Gasteiger charge is 2.37. The van der Waals surface area contributed by atoms with Gasteiger partial charge in [0, 0.05) is 12.6 Å². The Labute approximate surface area is 105 Å². The number of carbonyl (C=O) groups excluding carboxylic acids is 1. The summed E-state index contributed by atoms with van der Waals surface area (Å²) in [4.78, 5) is 14.4. The zero-order valence-electron chi connectivity index (χ0n) is 11.8. The lowest BCUT2D eigenvalue weighted by Crippen LogP contribution is -2.56. The van der Waals surface area contributed by atoms with E-state index in [2.05, 4.69) is 29.4 Å². The van der Waals surface area contributed by atoms with Gasteiger partial charge in [-0.1, -0.05) is 13.8 Å². The van der Waals surface area contributed by atoms with Crippen LogP contribution in [-0.4, -0.2) is 49.6 Å². The van der Waals surface area contributed by atoms with Crippen molar-refractivity contribution in [3.63, 3.8) is 0 Å². The van der Waals surface area contributed by atoms with Crippen LogP contribution in [0.25, 0.3) is 0 Å². The number of amides is 1. The molecular weight excluding hydrogens is 214 g/mol. The minimum absolute atomic E-state index is 0.149. The summed E-state index contributed by atoms with van der Waals surface area (Å²) in [6.07, 6.45) is 2.02. The van der Waals surface area contributed by atoms with Crippen LogP contribution in [-0.2, 0) is 4.79 Å². The van der Waals surface area contributed by atoms with E-state index in [0.29, 0.717) is 5.92 Å². The number of hydrogen-bond acceptors (Lipinski definition) is 3. The number of hydrogen-bond donors (Lipinski definition) is 2. The molecule has 1 heterocycles. The van der Waals surface area contributed by atoms with E-state index in [0.717, 1.165) is 25.9 Å². The van der Waals surface area contributed by atoms with Gasteiger partial charge in [-0.25, -0.2) is 0 Å². The van der Waals surface area contributed by atoms with Gasteiger partial charge >= 0.3 is 0 Å². The molecular formula is C13H27N3O. The Morgan fingerprint density at radius 1 is 1.47 bits per heavy atom. The lowest BCUT2D eigenvalue weighted by Gasteiger charge is -2.30. The second-order valence-corrected chi connectivity index (χ2v) is 5.95. The van der Waals surface area contributed by atoms with Gasteiger partial charge in [0.25, 0.3) is 0 Å². The third-order valence-corrected chi connectivity index (χ3v) is 3.55. The van der Waals surface area contributed by atoms with Crippen LogP contribution in [0.2, 0.25) is 0 Å². The summed E-state index contributed by atoms with van der Waals surface area (Å²) >= 11 is 0. The molecule has 1 rings (SSSR count). The summed E-state index contributed by atoms with van der Waals surface area (Å²) in [5.41, 5.74) is -0.362. The number of nitrogens with zero attached hydrogens (tertiary/aromatic N) is 1. The fourth-order valence-corrected chi connectivity index (χ4v) is 2.23. The molecule has 1 aliphatic rings. The molecule has 4 heteroatoms. The predicted octanol–water partition coefficient (Wildman–Crippen LogP) is 0.831. The number of nitrogens with one attached hydrogen (secondary N) is 2. The summed E-state index contributed by atoms with van der Waals surface area (Å²) in [5, 5.41) is 6.49. The van der Waals surface area contributed by atoms with Gasteiger partial charge < -0.3 is 15.5 Å². The molecule has 0 spiro atoms. The lowest BCUT2D eigenvalue weighted by molar-refractivity contribution is -0.127. The van der Waals surface area contributed by atoms with Crippen molar-refractivity contribution in [1.29, 1.82) is 0 Å². The van der Waals surface area contributed by atoms with Gasteiger partial charge in [0.1, 0.15) is 0 Å². The van der Waals surface area contributed by atoms with Crippen molar-refractivity contribution >= 4 is 5.91 Å². The molecule has 0 radical (unpaired) electrons. The third-order valence-electron chi connectivity index (χ3n) is 3.55. The Morgan fingerprint density at radius 2 is 2.12 bits per heavy atom. The van der Waals surface area contributed by atoms with Crippen LogP contribution >= 0.6 is 0 Å². The molecule has 0 aromatic carbocycles. The van der Waals surface area contributed by atoms with Crippen LogP contribution in [0, 0.1) is 5.92 Å². The van der Waals surface area contributed by atoms with Crippen molar-refractivity contribution < 1.29 is 4.79 Å². The smallest absolute Gasteiger partial charge is 0.240 e. The fourth-order valence-electron chi connectivity index (χ4n) is 2.23. The molecule has 4 nitrogen and oxygen atoms in total.